The van der Waals surface area contributed by atoms with Crippen LogP contribution in [0.15, 0.2) is 36.1 Å². The molecule has 1 aromatic carbocycles. The number of nitrogens with zero attached hydrogens (tertiary/aromatic N) is 2. The summed E-state index contributed by atoms with van der Waals surface area (Å²) in [5.41, 5.74) is 6.43. The highest BCUT2D eigenvalue weighted by molar-refractivity contribution is 5.95. The zero-order valence-corrected chi connectivity index (χ0v) is 14.1. The molecule has 1 aromatic heterocycles. The van der Waals surface area contributed by atoms with Crippen LogP contribution in [0.5, 0.6) is 0 Å². The van der Waals surface area contributed by atoms with E-state index in [1.165, 1.54) is 13.0 Å². The second-order valence-corrected chi connectivity index (χ2v) is 6.33. The molecule has 7 nitrogen and oxygen atoms in total. The lowest BCUT2D eigenvalue weighted by atomic mass is 10.1. The fourth-order valence-corrected chi connectivity index (χ4v) is 1.98. The Kier molecular flexibility index (Phi) is 4.82. The lowest BCUT2D eigenvalue weighted by molar-refractivity contribution is -0.117. The summed E-state index contributed by atoms with van der Waals surface area (Å²) in [6.07, 6.45) is 1.20. The molecule has 0 aliphatic heterocycles. The number of nitrogen functional groups attached to an aromatic ring is 1. The standard InChI is InChI=1S/C17H20N4O3/c1-10(9-13(22)21-17(2,3)4)24-16(23)14-15(18)20-12-8-6-5-7-11(12)19-14/h5-9H,1-4H3,(H2,18,20)(H,21,22). The van der Waals surface area contributed by atoms with Crippen molar-refractivity contribution in [3.63, 3.8) is 0 Å². The number of esters is 1. The first kappa shape index (κ1) is 17.4. The number of ether oxygens (including phenoxy) is 1. The number of anilines is 1. The number of rotatable bonds is 3. The molecule has 0 spiro atoms. The van der Waals surface area contributed by atoms with E-state index >= 15 is 0 Å². The minimum Gasteiger partial charge on any atom is -0.426 e. The van der Waals surface area contributed by atoms with Gasteiger partial charge in [-0.25, -0.2) is 14.8 Å². The van der Waals surface area contributed by atoms with Gasteiger partial charge in [0.2, 0.25) is 5.91 Å². The number of aromatic nitrogens is 2. The second kappa shape index (κ2) is 6.66. The number of para-hydroxylation sites is 2. The van der Waals surface area contributed by atoms with Crippen LogP contribution in [-0.4, -0.2) is 27.4 Å². The largest absolute Gasteiger partial charge is 0.426 e. The Morgan fingerprint density at radius 2 is 1.75 bits per heavy atom. The SMILES string of the molecule is CC(=CC(=O)NC(C)(C)C)OC(=O)c1nc2ccccc2nc1N. The zero-order valence-electron chi connectivity index (χ0n) is 14.1. The predicted molar refractivity (Wildman–Crippen MR) is 91.0 cm³/mol. The second-order valence-electron chi connectivity index (χ2n) is 6.33. The van der Waals surface area contributed by atoms with Gasteiger partial charge in [-0.15, -0.1) is 0 Å². The summed E-state index contributed by atoms with van der Waals surface area (Å²) in [6, 6.07) is 7.05. The minimum atomic E-state index is -0.761. The van der Waals surface area contributed by atoms with Crippen molar-refractivity contribution in [3.8, 4) is 0 Å². The molecule has 0 unspecified atom stereocenters. The highest BCUT2D eigenvalue weighted by atomic mass is 16.5. The van der Waals surface area contributed by atoms with Crippen LogP contribution in [0, 0.1) is 0 Å². The summed E-state index contributed by atoms with van der Waals surface area (Å²) in [7, 11) is 0. The molecule has 0 aliphatic rings. The van der Waals surface area contributed by atoms with Crippen LogP contribution >= 0.6 is 0 Å². The van der Waals surface area contributed by atoms with Gasteiger partial charge >= 0.3 is 5.97 Å². The Morgan fingerprint density at radius 3 is 2.33 bits per heavy atom. The number of allylic oxidation sites excluding steroid dienone is 1. The van der Waals surface area contributed by atoms with Crippen molar-refractivity contribution in [2.45, 2.75) is 33.2 Å². The Labute approximate surface area is 139 Å². The number of nitrogens with one attached hydrogen (secondary N) is 1. The average Bonchev–Trinajstić information content (AvgIpc) is 2.43. The Hall–Kier alpha value is -2.96. The average molecular weight is 328 g/mol. The van der Waals surface area contributed by atoms with Crippen molar-refractivity contribution < 1.29 is 14.3 Å². The first-order chi connectivity index (χ1) is 11.2. The highest BCUT2D eigenvalue weighted by Gasteiger charge is 2.18. The summed E-state index contributed by atoms with van der Waals surface area (Å²) in [5.74, 6) is -1.00. The van der Waals surface area contributed by atoms with Crippen LogP contribution < -0.4 is 11.1 Å². The molecule has 0 atom stereocenters. The van der Waals surface area contributed by atoms with E-state index in [2.05, 4.69) is 15.3 Å². The van der Waals surface area contributed by atoms with Crippen LogP contribution in [0.4, 0.5) is 5.82 Å². The molecule has 0 aliphatic carbocycles. The Morgan fingerprint density at radius 1 is 1.17 bits per heavy atom. The maximum absolute atomic E-state index is 12.2. The minimum absolute atomic E-state index is 0.0226. The normalized spacial score (nSPS) is 12.1. The molecular weight excluding hydrogens is 308 g/mol. The maximum atomic E-state index is 12.2. The number of fused-ring (bicyclic) bond motifs is 1. The molecule has 2 aromatic rings. The van der Waals surface area contributed by atoms with Crippen LogP contribution in [0.25, 0.3) is 11.0 Å². The Balaban J connectivity index is 2.17. The van der Waals surface area contributed by atoms with E-state index < -0.39 is 5.97 Å². The summed E-state index contributed by atoms with van der Waals surface area (Å²) in [4.78, 5) is 32.3. The van der Waals surface area contributed by atoms with Gasteiger partial charge in [0, 0.05) is 11.6 Å². The van der Waals surface area contributed by atoms with E-state index in [1.54, 1.807) is 24.3 Å². The van der Waals surface area contributed by atoms with Crippen molar-refractivity contribution in [1.82, 2.24) is 15.3 Å². The highest BCUT2D eigenvalue weighted by Crippen LogP contribution is 2.16. The fraction of sp³-hybridized carbons (Fsp3) is 0.294. The molecule has 7 heteroatoms. The third-order valence-electron chi connectivity index (χ3n) is 2.88. The van der Waals surface area contributed by atoms with Gasteiger partial charge in [0.1, 0.15) is 5.76 Å². The molecule has 3 N–H and O–H groups in total. The molecule has 2 rings (SSSR count). The number of amides is 1. The lowest BCUT2D eigenvalue weighted by Gasteiger charge is -2.19. The molecule has 1 heterocycles. The number of carbonyl (C=O) groups is 2. The van der Waals surface area contributed by atoms with Gasteiger partial charge in [-0.1, -0.05) is 12.1 Å². The number of hydrogen-bond donors (Lipinski definition) is 2. The first-order valence-corrected chi connectivity index (χ1v) is 7.40. The first-order valence-electron chi connectivity index (χ1n) is 7.40. The van der Waals surface area contributed by atoms with E-state index in [0.29, 0.717) is 11.0 Å². The van der Waals surface area contributed by atoms with Gasteiger partial charge in [0.25, 0.3) is 0 Å². The number of hydrogen-bond acceptors (Lipinski definition) is 6. The van der Waals surface area contributed by atoms with Crippen molar-refractivity contribution in [2.75, 3.05) is 5.73 Å². The van der Waals surface area contributed by atoms with Gasteiger partial charge < -0.3 is 15.8 Å². The van der Waals surface area contributed by atoms with Crippen LogP contribution in [0.2, 0.25) is 0 Å². The van der Waals surface area contributed by atoms with Gasteiger partial charge in [0.15, 0.2) is 11.5 Å². The van der Waals surface area contributed by atoms with Crippen molar-refractivity contribution in [3.05, 3.63) is 41.8 Å². The summed E-state index contributed by atoms with van der Waals surface area (Å²) >= 11 is 0. The molecule has 0 saturated carbocycles. The van der Waals surface area contributed by atoms with Crippen LogP contribution in [0.1, 0.15) is 38.2 Å². The maximum Gasteiger partial charge on any atom is 0.365 e. The van der Waals surface area contributed by atoms with Crippen molar-refractivity contribution in [2.24, 2.45) is 0 Å². The van der Waals surface area contributed by atoms with E-state index in [-0.39, 0.29) is 28.7 Å². The molecule has 1 amide bonds. The third kappa shape index (κ3) is 4.52. The van der Waals surface area contributed by atoms with Gasteiger partial charge in [-0.3, -0.25) is 4.79 Å². The van der Waals surface area contributed by atoms with Crippen molar-refractivity contribution >= 4 is 28.7 Å². The quantitative estimate of drug-likeness (QED) is 0.508. The third-order valence-corrected chi connectivity index (χ3v) is 2.88. The molecule has 0 fully saturated rings. The van der Waals surface area contributed by atoms with Gasteiger partial charge in [0.05, 0.1) is 11.0 Å². The van der Waals surface area contributed by atoms with E-state index in [4.69, 9.17) is 10.5 Å². The molecule has 0 bridgehead atoms. The molecule has 24 heavy (non-hydrogen) atoms. The Bertz CT molecular complexity index is 822. The molecular formula is C17H20N4O3. The van der Waals surface area contributed by atoms with Gasteiger partial charge in [-0.2, -0.15) is 0 Å². The lowest BCUT2D eigenvalue weighted by Crippen LogP contribution is -2.39. The molecule has 0 saturated heterocycles. The number of nitrogens with two attached hydrogens (primary N) is 1. The zero-order chi connectivity index (χ0) is 17.9. The topological polar surface area (TPSA) is 107 Å². The van der Waals surface area contributed by atoms with Crippen LogP contribution in [0.3, 0.4) is 0 Å². The molecule has 0 radical (unpaired) electrons. The monoisotopic (exact) mass is 328 g/mol. The number of benzene rings is 1. The summed E-state index contributed by atoms with van der Waals surface area (Å²) in [5, 5.41) is 2.74. The predicted octanol–water partition coefficient (Wildman–Crippen LogP) is 2.19. The van der Waals surface area contributed by atoms with E-state index in [0.717, 1.165) is 0 Å². The summed E-state index contributed by atoms with van der Waals surface area (Å²) in [6.45, 7) is 7.06. The smallest absolute Gasteiger partial charge is 0.365 e. The van der Waals surface area contributed by atoms with E-state index in [1.807, 2.05) is 20.8 Å². The van der Waals surface area contributed by atoms with Crippen LogP contribution in [-0.2, 0) is 9.53 Å². The van der Waals surface area contributed by atoms with Crippen molar-refractivity contribution in [1.29, 1.82) is 0 Å². The fourth-order valence-electron chi connectivity index (χ4n) is 1.98. The molecule has 126 valence electrons. The number of carbonyl (C=O) groups excluding carboxylic acids is 2. The summed E-state index contributed by atoms with van der Waals surface area (Å²) < 4.78 is 5.13. The van der Waals surface area contributed by atoms with E-state index in [9.17, 15) is 9.59 Å². The van der Waals surface area contributed by atoms with Gasteiger partial charge in [-0.05, 0) is 39.8 Å².